The van der Waals surface area contributed by atoms with Crippen LogP contribution in [0.4, 0.5) is 17.2 Å². The van der Waals surface area contributed by atoms with Gasteiger partial charge in [-0.2, -0.15) is 5.26 Å². The molecule has 2 rings (SSSR count). The molecule has 0 saturated carbocycles. The van der Waals surface area contributed by atoms with E-state index in [0.29, 0.717) is 23.6 Å². The zero-order chi connectivity index (χ0) is 15.4. The van der Waals surface area contributed by atoms with E-state index in [4.69, 9.17) is 11.0 Å². The first kappa shape index (κ1) is 14.6. The molecule has 0 aliphatic carbocycles. The van der Waals surface area contributed by atoms with Crippen molar-refractivity contribution in [2.45, 2.75) is 13.3 Å². The van der Waals surface area contributed by atoms with Crippen molar-refractivity contribution in [1.82, 2.24) is 9.97 Å². The molecule has 0 saturated heterocycles. The first-order valence-electron chi connectivity index (χ1n) is 6.59. The summed E-state index contributed by atoms with van der Waals surface area (Å²) in [5, 5.41) is 14.9. The third-order valence-electron chi connectivity index (χ3n) is 3.30. The van der Waals surface area contributed by atoms with E-state index in [1.807, 2.05) is 26.1 Å². The largest absolute Gasteiger partial charge is 0.397 e. The fraction of sp³-hybridized carbons (Fsp3) is 0.267. The fourth-order valence-electron chi connectivity index (χ4n) is 2.18. The second kappa shape index (κ2) is 6.09. The first-order valence-corrected chi connectivity index (χ1v) is 6.59. The molecule has 0 atom stereocenters. The van der Waals surface area contributed by atoms with Crippen LogP contribution in [0.15, 0.2) is 18.3 Å². The lowest BCUT2D eigenvalue weighted by atomic mass is 10.0. The zero-order valence-corrected chi connectivity index (χ0v) is 12.4. The molecule has 21 heavy (non-hydrogen) atoms. The van der Waals surface area contributed by atoms with Crippen LogP contribution in [0, 0.1) is 18.3 Å². The van der Waals surface area contributed by atoms with Gasteiger partial charge in [0.2, 0.25) is 0 Å². The minimum Gasteiger partial charge on any atom is -0.397 e. The van der Waals surface area contributed by atoms with Crippen LogP contribution in [-0.2, 0) is 6.42 Å². The van der Waals surface area contributed by atoms with Crippen LogP contribution in [0.3, 0.4) is 0 Å². The molecule has 4 N–H and O–H groups in total. The number of nitriles is 1. The Kier molecular flexibility index (Phi) is 4.24. The maximum atomic E-state index is 8.85. The maximum Gasteiger partial charge on any atom is 0.151 e. The van der Waals surface area contributed by atoms with Gasteiger partial charge in [-0.05, 0) is 30.2 Å². The number of nitrogens with one attached hydrogen (secondary N) is 2. The van der Waals surface area contributed by atoms with Crippen molar-refractivity contribution in [2.75, 3.05) is 30.5 Å². The highest BCUT2D eigenvalue weighted by Gasteiger charge is 2.10. The Hall–Kier alpha value is -2.81. The molecule has 0 spiro atoms. The van der Waals surface area contributed by atoms with Crippen LogP contribution >= 0.6 is 0 Å². The molecule has 0 bridgehead atoms. The van der Waals surface area contributed by atoms with E-state index < -0.39 is 0 Å². The Bertz CT molecular complexity index is 702. The van der Waals surface area contributed by atoms with Gasteiger partial charge in [0.1, 0.15) is 17.5 Å². The lowest BCUT2D eigenvalue weighted by Gasteiger charge is -2.13. The van der Waals surface area contributed by atoms with Crippen molar-refractivity contribution in [1.29, 1.82) is 5.26 Å². The van der Waals surface area contributed by atoms with Crippen LogP contribution in [0.1, 0.15) is 22.5 Å². The van der Waals surface area contributed by atoms with Gasteiger partial charge in [-0.1, -0.05) is 0 Å². The first-order chi connectivity index (χ1) is 10.1. The molecule has 2 aromatic rings. The summed E-state index contributed by atoms with van der Waals surface area (Å²) in [6, 6.07) is 5.67. The summed E-state index contributed by atoms with van der Waals surface area (Å²) in [5.41, 5.74) is 10.8. The van der Waals surface area contributed by atoms with E-state index in [1.54, 1.807) is 19.3 Å². The van der Waals surface area contributed by atoms with Crippen molar-refractivity contribution in [2.24, 2.45) is 0 Å². The van der Waals surface area contributed by atoms with Crippen molar-refractivity contribution in [3.05, 3.63) is 40.8 Å². The van der Waals surface area contributed by atoms with Crippen molar-refractivity contribution in [3.63, 3.8) is 0 Å². The number of aryl methyl sites for hydroxylation is 1. The lowest BCUT2D eigenvalue weighted by molar-refractivity contribution is 1.04. The lowest BCUT2D eigenvalue weighted by Crippen LogP contribution is -2.06. The summed E-state index contributed by atoms with van der Waals surface area (Å²) in [7, 11) is 3.61. The molecule has 0 amide bonds. The normalized spacial score (nSPS) is 10.0. The van der Waals surface area contributed by atoms with E-state index >= 15 is 0 Å². The van der Waals surface area contributed by atoms with E-state index in [9.17, 15) is 0 Å². The number of hydrogen-bond acceptors (Lipinski definition) is 6. The molecular weight excluding hydrogens is 264 g/mol. The predicted octanol–water partition coefficient (Wildman–Crippen LogP) is 1.91. The summed E-state index contributed by atoms with van der Waals surface area (Å²) in [6.07, 6.45) is 2.34. The fourth-order valence-corrected chi connectivity index (χ4v) is 2.18. The van der Waals surface area contributed by atoms with Gasteiger partial charge in [0.25, 0.3) is 0 Å². The monoisotopic (exact) mass is 282 g/mol. The molecule has 0 radical (unpaired) electrons. The molecular formula is C15H18N6. The van der Waals surface area contributed by atoms with Crippen LogP contribution in [-0.4, -0.2) is 24.1 Å². The van der Waals surface area contributed by atoms with Gasteiger partial charge in [-0.25, -0.2) is 9.97 Å². The minimum absolute atomic E-state index is 0.421. The third-order valence-corrected chi connectivity index (χ3v) is 3.30. The summed E-state index contributed by atoms with van der Waals surface area (Å²) >= 11 is 0. The molecule has 0 fully saturated rings. The Balaban J connectivity index is 2.36. The Labute approximate surface area is 124 Å². The van der Waals surface area contributed by atoms with E-state index in [2.05, 4.69) is 20.6 Å². The quantitative estimate of drug-likeness (QED) is 0.792. The van der Waals surface area contributed by atoms with Crippen LogP contribution in [0.2, 0.25) is 0 Å². The summed E-state index contributed by atoms with van der Waals surface area (Å²) < 4.78 is 0. The van der Waals surface area contributed by atoms with Gasteiger partial charge in [0.15, 0.2) is 5.82 Å². The second-order valence-corrected chi connectivity index (χ2v) is 4.71. The van der Waals surface area contributed by atoms with Gasteiger partial charge in [-0.3, -0.25) is 0 Å². The number of nitrogens with zero attached hydrogens (tertiary/aromatic N) is 3. The summed E-state index contributed by atoms with van der Waals surface area (Å²) in [6.45, 7) is 1.96. The molecule has 0 unspecified atom stereocenters. The van der Waals surface area contributed by atoms with Crippen LogP contribution in [0.5, 0.6) is 0 Å². The third kappa shape index (κ3) is 3.03. The van der Waals surface area contributed by atoms with Gasteiger partial charge < -0.3 is 16.4 Å². The van der Waals surface area contributed by atoms with Gasteiger partial charge in [0.05, 0.1) is 5.69 Å². The standard InChI is InChI=1S/C15H18N6/c1-9-4-12(7-16)20-8-10(9)5-11-6-13(17)14(18-2)15(19-3)21-11/h4,6,8,18H,5H2,1-3H3,(H3,17,19,21). The second-order valence-electron chi connectivity index (χ2n) is 4.71. The molecule has 0 aromatic carbocycles. The average Bonchev–Trinajstić information content (AvgIpc) is 2.48. The van der Waals surface area contributed by atoms with E-state index in [0.717, 1.165) is 22.5 Å². The summed E-state index contributed by atoms with van der Waals surface area (Å²) in [4.78, 5) is 8.66. The SMILES string of the molecule is CNc1nc(Cc2cnc(C#N)cc2C)cc(N)c1NC. The number of rotatable bonds is 4. The highest BCUT2D eigenvalue weighted by molar-refractivity contribution is 5.78. The maximum absolute atomic E-state index is 8.85. The highest BCUT2D eigenvalue weighted by atomic mass is 15.0. The molecule has 108 valence electrons. The number of pyridine rings is 2. The van der Waals surface area contributed by atoms with Crippen molar-refractivity contribution < 1.29 is 0 Å². The number of nitrogen functional groups attached to an aromatic ring is 1. The zero-order valence-electron chi connectivity index (χ0n) is 12.4. The Morgan fingerprint density at radius 2 is 2.05 bits per heavy atom. The minimum atomic E-state index is 0.421. The molecule has 0 aliphatic heterocycles. The number of anilines is 3. The van der Waals surface area contributed by atoms with Gasteiger partial charge in [0, 0.05) is 32.4 Å². The Morgan fingerprint density at radius 1 is 1.29 bits per heavy atom. The molecule has 2 aromatic heterocycles. The van der Waals surface area contributed by atoms with Crippen molar-refractivity contribution in [3.8, 4) is 6.07 Å². The van der Waals surface area contributed by atoms with E-state index in [-0.39, 0.29) is 0 Å². The Morgan fingerprint density at radius 3 is 2.62 bits per heavy atom. The smallest absolute Gasteiger partial charge is 0.151 e. The van der Waals surface area contributed by atoms with Gasteiger partial charge >= 0.3 is 0 Å². The number of hydrogen-bond donors (Lipinski definition) is 3. The van der Waals surface area contributed by atoms with Crippen LogP contribution in [0.25, 0.3) is 0 Å². The van der Waals surface area contributed by atoms with Gasteiger partial charge in [-0.15, -0.1) is 0 Å². The highest BCUT2D eigenvalue weighted by Crippen LogP contribution is 2.27. The average molecular weight is 282 g/mol. The molecule has 0 aliphatic rings. The topological polar surface area (TPSA) is 99.7 Å². The van der Waals surface area contributed by atoms with Crippen molar-refractivity contribution >= 4 is 17.2 Å². The number of aromatic nitrogens is 2. The predicted molar refractivity (Wildman–Crippen MR) is 84.2 cm³/mol. The molecule has 6 nitrogen and oxygen atoms in total. The number of nitrogens with two attached hydrogens (primary N) is 1. The molecule has 6 heteroatoms. The summed E-state index contributed by atoms with van der Waals surface area (Å²) in [5.74, 6) is 0.715. The van der Waals surface area contributed by atoms with Crippen LogP contribution < -0.4 is 16.4 Å². The molecule has 2 heterocycles. The van der Waals surface area contributed by atoms with E-state index in [1.165, 1.54) is 0 Å².